The summed E-state index contributed by atoms with van der Waals surface area (Å²) in [7, 11) is 2.01. The van der Waals surface area contributed by atoms with E-state index in [2.05, 4.69) is 28.4 Å². The van der Waals surface area contributed by atoms with E-state index < -0.39 is 0 Å². The fourth-order valence-electron chi connectivity index (χ4n) is 3.96. The zero-order valence-corrected chi connectivity index (χ0v) is 12.7. The average Bonchev–Trinajstić information content (AvgIpc) is 3.29. The molecule has 3 aliphatic rings. The summed E-state index contributed by atoms with van der Waals surface area (Å²) in [5, 5.41) is 8.21. The molecule has 0 bridgehead atoms. The Kier molecular flexibility index (Phi) is 2.93. The van der Waals surface area contributed by atoms with Crippen LogP contribution < -0.4 is 5.32 Å². The van der Waals surface area contributed by atoms with Gasteiger partial charge in [-0.3, -0.25) is 9.58 Å². The SMILES string of the molecule is Cn1cc(CN2CC(C)(C3CC3)NCC2C2CC2)cn1. The van der Waals surface area contributed by atoms with Crippen molar-refractivity contribution in [1.82, 2.24) is 20.0 Å². The van der Waals surface area contributed by atoms with Crippen LogP contribution in [0.1, 0.15) is 38.2 Å². The molecule has 0 aromatic carbocycles. The second-order valence-corrected chi connectivity index (χ2v) is 7.40. The lowest BCUT2D eigenvalue weighted by Crippen LogP contribution is -2.64. The lowest BCUT2D eigenvalue weighted by Gasteiger charge is -2.47. The van der Waals surface area contributed by atoms with Gasteiger partial charge in [-0.05, 0) is 44.4 Å². The molecule has 1 saturated heterocycles. The number of aryl methyl sites for hydroxylation is 1. The Bertz CT molecular complexity index is 488. The smallest absolute Gasteiger partial charge is 0.0534 e. The third-order valence-corrected chi connectivity index (χ3v) is 5.50. The van der Waals surface area contributed by atoms with Crippen molar-refractivity contribution in [2.45, 2.75) is 50.7 Å². The molecule has 2 heterocycles. The van der Waals surface area contributed by atoms with Gasteiger partial charge in [0.15, 0.2) is 0 Å². The van der Waals surface area contributed by atoms with Gasteiger partial charge in [-0.25, -0.2) is 0 Å². The normalized spacial score (nSPS) is 35.4. The molecule has 1 aromatic heterocycles. The molecule has 4 nitrogen and oxygen atoms in total. The Morgan fingerprint density at radius 1 is 1.35 bits per heavy atom. The predicted octanol–water partition coefficient (Wildman–Crippen LogP) is 1.77. The minimum Gasteiger partial charge on any atom is -0.308 e. The first-order valence-corrected chi connectivity index (χ1v) is 8.11. The number of hydrogen-bond acceptors (Lipinski definition) is 3. The molecule has 2 atom stereocenters. The van der Waals surface area contributed by atoms with Crippen LogP contribution in [0.3, 0.4) is 0 Å². The fourth-order valence-corrected chi connectivity index (χ4v) is 3.96. The van der Waals surface area contributed by atoms with Crippen molar-refractivity contribution in [3.63, 3.8) is 0 Å². The van der Waals surface area contributed by atoms with Gasteiger partial charge in [-0.1, -0.05) is 0 Å². The number of nitrogens with zero attached hydrogens (tertiary/aromatic N) is 3. The largest absolute Gasteiger partial charge is 0.308 e. The maximum atomic E-state index is 4.33. The summed E-state index contributed by atoms with van der Waals surface area (Å²) < 4.78 is 1.92. The molecule has 1 N–H and O–H groups in total. The molecule has 4 heteroatoms. The van der Waals surface area contributed by atoms with Crippen molar-refractivity contribution < 1.29 is 0 Å². The van der Waals surface area contributed by atoms with Crippen LogP contribution in [0.2, 0.25) is 0 Å². The van der Waals surface area contributed by atoms with Crippen molar-refractivity contribution in [3.05, 3.63) is 18.0 Å². The van der Waals surface area contributed by atoms with E-state index in [1.807, 2.05) is 17.9 Å². The molecule has 110 valence electrons. The van der Waals surface area contributed by atoms with Crippen LogP contribution in [0.15, 0.2) is 12.4 Å². The zero-order valence-electron chi connectivity index (χ0n) is 12.7. The van der Waals surface area contributed by atoms with E-state index in [9.17, 15) is 0 Å². The average molecular weight is 274 g/mol. The molecule has 0 radical (unpaired) electrons. The molecule has 2 unspecified atom stereocenters. The summed E-state index contributed by atoms with van der Waals surface area (Å²) in [6, 6.07) is 0.738. The highest BCUT2D eigenvalue weighted by atomic mass is 15.3. The Hall–Kier alpha value is -0.870. The number of piperazine rings is 1. The molecule has 20 heavy (non-hydrogen) atoms. The first kappa shape index (κ1) is 12.8. The summed E-state index contributed by atoms with van der Waals surface area (Å²) in [5.41, 5.74) is 1.70. The molecule has 3 fully saturated rings. The summed E-state index contributed by atoms with van der Waals surface area (Å²) in [6.45, 7) is 5.88. The highest BCUT2D eigenvalue weighted by Gasteiger charge is 2.48. The van der Waals surface area contributed by atoms with E-state index in [0.717, 1.165) is 24.4 Å². The Balaban J connectivity index is 1.51. The summed E-state index contributed by atoms with van der Waals surface area (Å²) in [6.07, 6.45) is 9.88. The van der Waals surface area contributed by atoms with Gasteiger partial charge in [-0.15, -0.1) is 0 Å². The molecule has 0 amide bonds. The van der Waals surface area contributed by atoms with E-state index in [1.165, 1.54) is 44.3 Å². The monoisotopic (exact) mass is 274 g/mol. The van der Waals surface area contributed by atoms with Crippen LogP contribution >= 0.6 is 0 Å². The van der Waals surface area contributed by atoms with Gasteiger partial charge in [0.1, 0.15) is 0 Å². The Morgan fingerprint density at radius 3 is 2.75 bits per heavy atom. The summed E-state index contributed by atoms with van der Waals surface area (Å²) >= 11 is 0. The molecular formula is C16H26N4. The van der Waals surface area contributed by atoms with Crippen LogP contribution in [0.5, 0.6) is 0 Å². The molecule has 4 rings (SSSR count). The van der Waals surface area contributed by atoms with E-state index in [0.29, 0.717) is 5.54 Å². The lowest BCUT2D eigenvalue weighted by molar-refractivity contribution is 0.0578. The van der Waals surface area contributed by atoms with Gasteiger partial charge >= 0.3 is 0 Å². The van der Waals surface area contributed by atoms with Gasteiger partial charge in [0.25, 0.3) is 0 Å². The van der Waals surface area contributed by atoms with E-state index in [1.54, 1.807) is 0 Å². The van der Waals surface area contributed by atoms with Crippen molar-refractivity contribution in [2.75, 3.05) is 13.1 Å². The number of rotatable bonds is 4. The quantitative estimate of drug-likeness (QED) is 0.908. The third kappa shape index (κ3) is 2.40. The van der Waals surface area contributed by atoms with Crippen LogP contribution in [-0.4, -0.2) is 39.4 Å². The predicted molar refractivity (Wildman–Crippen MR) is 79.3 cm³/mol. The van der Waals surface area contributed by atoms with Gasteiger partial charge in [-0.2, -0.15) is 5.10 Å². The molecule has 1 aromatic rings. The number of hydrogen-bond donors (Lipinski definition) is 1. The van der Waals surface area contributed by atoms with Gasteiger partial charge < -0.3 is 5.32 Å². The molecule has 2 aliphatic carbocycles. The zero-order chi connectivity index (χ0) is 13.7. The number of nitrogens with one attached hydrogen (secondary N) is 1. The first-order valence-electron chi connectivity index (χ1n) is 8.11. The Morgan fingerprint density at radius 2 is 2.15 bits per heavy atom. The fraction of sp³-hybridized carbons (Fsp3) is 0.812. The number of aromatic nitrogens is 2. The molecule has 2 saturated carbocycles. The van der Waals surface area contributed by atoms with Crippen molar-refractivity contribution in [1.29, 1.82) is 0 Å². The third-order valence-electron chi connectivity index (χ3n) is 5.50. The molecule has 0 spiro atoms. The van der Waals surface area contributed by atoms with Crippen molar-refractivity contribution in [3.8, 4) is 0 Å². The van der Waals surface area contributed by atoms with Gasteiger partial charge in [0.2, 0.25) is 0 Å². The van der Waals surface area contributed by atoms with E-state index in [-0.39, 0.29) is 0 Å². The van der Waals surface area contributed by atoms with Crippen LogP contribution in [0.4, 0.5) is 0 Å². The highest BCUT2D eigenvalue weighted by molar-refractivity contribution is 5.10. The standard InChI is InChI=1S/C16H26N4/c1-16(14-5-6-14)11-20(10-12-7-18-19(2)9-12)15(8-17-16)13-3-4-13/h7,9,13-15,17H,3-6,8,10-11H2,1-2H3. The van der Waals surface area contributed by atoms with Gasteiger partial charge in [0.05, 0.1) is 6.20 Å². The van der Waals surface area contributed by atoms with Gasteiger partial charge in [0, 0.05) is 50.0 Å². The van der Waals surface area contributed by atoms with Crippen LogP contribution in [0.25, 0.3) is 0 Å². The molecular weight excluding hydrogens is 248 g/mol. The maximum Gasteiger partial charge on any atom is 0.0534 e. The topological polar surface area (TPSA) is 33.1 Å². The lowest BCUT2D eigenvalue weighted by atomic mass is 9.89. The van der Waals surface area contributed by atoms with E-state index >= 15 is 0 Å². The highest BCUT2D eigenvalue weighted by Crippen LogP contribution is 2.44. The minimum atomic E-state index is 0.341. The summed E-state index contributed by atoms with van der Waals surface area (Å²) in [5.74, 6) is 1.84. The van der Waals surface area contributed by atoms with Crippen LogP contribution in [0, 0.1) is 11.8 Å². The molecule has 1 aliphatic heterocycles. The van der Waals surface area contributed by atoms with Crippen LogP contribution in [-0.2, 0) is 13.6 Å². The van der Waals surface area contributed by atoms with Crippen molar-refractivity contribution in [2.24, 2.45) is 18.9 Å². The first-order chi connectivity index (χ1) is 9.64. The second-order valence-electron chi connectivity index (χ2n) is 7.40. The van der Waals surface area contributed by atoms with Crippen molar-refractivity contribution >= 4 is 0 Å². The van der Waals surface area contributed by atoms with E-state index in [4.69, 9.17) is 0 Å². The minimum absolute atomic E-state index is 0.341. The maximum absolute atomic E-state index is 4.33. The Labute approximate surface area is 121 Å². The summed E-state index contributed by atoms with van der Waals surface area (Å²) in [4.78, 5) is 2.74. The second kappa shape index (κ2) is 4.57.